The first-order valence-electron chi connectivity index (χ1n) is 8.81. The van der Waals surface area contributed by atoms with Gasteiger partial charge in [-0.25, -0.2) is 14.5 Å². The van der Waals surface area contributed by atoms with Crippen molar-refractivity contribution in [3.63, 3.8) is 0 Å². The fraction of sp³-hybridized carbons (Fsp3) is 0.562. The highest BCUT2D eigenvalue weighted by Crippen LogP contribution is 2.29. The van der Waals surface area contributed by atoms with E-state index in [2.05, 4.69) is 25.8 Å². The summed E-state index contributed by atoms with van der Waals surface area (Å²) in [6, 6.07) is 1.79. The standard InChI is InChI=1S/C16H21F3N8O/c1-11(14-22-23-24-25(14)2)21-15(28)27-7-3-6-26(8-9-27)13-5-4-12(10-20-13)16(17,18)19/h4-5,10-11H,3,6-9H2,1-2H3,(H,21,28). The van der Waals surface area contributed by atoms with Crippen molar-refractivity contribution in [2.24, 2.45) is 7.05 Å². The predicted molar refractivity (Wildman–Crippen MR) is 93.4 cm³/mol. The number of rotatable bonds is 3. The van der Waals surface area contributed by atoms with Gasteiger partial charge in [-0.3, -0.25) is 0 Å². The lowest BCUT2D eigenvalue weighted by atomic mass is 10.2. The summed E-state index contributed by atoms with van der Waals surface area (Å²) in [5.74, 6) is 1.01. The number of aryl methyl sites for hydroxylation is 1. The van der Waals surface area contributed by atoms with Gasteiger partial charge in [0.05, 0.1) is 11.6 Å². The maximum Gasteiger partial charge on any atom is 0.417 e. The van der Waals surface area contributed by atoms with Gasteiger partial charge in [-0.15, -0.1) is 5.10 Å². The molecule has 1 atom stereocenters. The molecule has 0 radical (unpaired) electrons. The van der Waals surface area contributed by atoms with E-state index in [0.29, 0.717) is 44.2 Å². The Morgan fingerprint density at radius 3 is 2.61 bits per heavy atom. The maximum absolute atomic E-state index is 12.7. The molecule has 12 heteroatoms. The van der Waals surface area contributed by atoms with E-state index in [1.807, 2.05) is 4.90 Å². The van der Waals surface area contributed by atoms with E-state index < -0.39 is 11.7 Å². The number of carbonyl (C=O) groups is 1. The number of nitrogens with zero attached hydrogens (tertiary/aromatic N) is 7. The highest BCUT2D eigenvalue weighted by molar-refractivity contribution is 5.74. The SMILES string of the molecule is CC(NC(=O)N1CCCN(c2ccc(C(F)(F)F)cn2)CC1)c1nnnn1C. The van der Waals surface area contributed by atoms with Crippen molar-refractivity contribution >= 4 is 11.8 Å². The third-order valence-corrected chi connectivity index (χ3v) is 4.56. The van der Waals surface area contributed by atoms with Gasteiger partial charge in [0.15, 0.2) is 5.82 Å². The molecule has 0 spiro atoms. The van der Waals surface area contributed by atoms with E-state index in [0.717, 1.165) is 12.3 Å². The number of nitrogens with one attached hydrogen (secondary N) is 1. The number of tetrazole rings is 1. The molecule has 1 aliphatic rings. The number of alkyl halides is 3. The van der Waals surface area contributed by atoms with E-state index >= 15 is 0 Å². The minimum absolute atomic E-state index is 0.238. The number of carbonyl (C=O) groups excluding carboxylic acids is 1. The van der Waals surface area contributed by atoms with Crippen LogP contribution in [-0.2, 0) is 13.2 Å². The molecule has 1 unspecified atom stereocenters. The van der Waals surface area contributed by atoms with E-state index in [9.17, 15) is 18.0 Å². The second kappa shape index (κ2) is 7.98. The number of hydrogen-bond donors (Lipinski definition) is 1. The van der Waals surface area contributed by atoms with E-state index in [1.54, 1.807) is 18.9 Å². The molecule has 2 aromatic rings. The molecule has 3 heterocycles. The van der Waals surface area contributed by atoms with Gasteiger partial charge in [-0.2, -0.15) is 13.2 Å². The summed E-state index contributed by atoms with van der Waals surface area (Å²) in [4.78, 5) is 20.0. The molecular weight excluding hydrogens is 377 g/mol. The minimum Gasteiger partial charge on any atom is -0.355 e. The lowest BCUT2D eigenvalue weighted by Crippen LogP contribution is -2.43. The topological polar surface area (TPSA) is 92.1 Å². The first-order chi connectivity index (χ1) is 13.3. The molecule has 1 fully saturated rings. The van der Waals surface area contributed by atoms with Gasteiger partial charge < -0.3 is 15.1 Å². The highest BCUT2D eigenvalue weighted by Gasteiger charge is 2.31. The normalized spacial score (nSPS) is 16.6. The Labute approximate surface area is 159 Å². The number of anilines is 1. The Balaban J connectivity index is 1.58. The molecule has 3 rings (SSSR count). The lowest BCUT2D eigenvalue weighted by Gasteiger charge is -2.24. The Bertz CT molecular complexity index is 807. The van der Waals surface area contributed by atoms with Crippen molar-refractivity contribution in [3.05, 3.63) is 29.7 Å². The number of aromatic nitrogens is 5. The van der Waals surface area contributed by atoms with Gasteiger partial charge in [0.2, 0.25) is 0 Å². The summed E-state index contributed by atoms with van der Waals surface area (Å²) in [6.07, 6.45) is -2.90. The largest absolute Gasteiger partial charge is 0.417 e. The Hall–Kier alpha value is -2.92. The average molecular weight is 398 g/mol. The molecule has 28 heavy (non-hydrogen) atoms. The first kappa shape index (κ1) is 19.8. The number of amides is 2. The van der Waals surface area contributed by atoms with Crippen LogP contribution in [-0.4, -0.2) is 62.3 Å². The van der Waals surface area contributed by atoms with Crippen molar-refractivity contribution in [1.82, 2.24) is 35.4 Å². The Kier molecular flexibility index (Phi) is 5.66. The number of hydrogen-bond acceptors (Lipinski definition) is 6. The smallest absolute Gasteiger partial charge is 0.355 e. The fourth-order valence-electron chi connectivity index (χ4n) is 3.03. The van der Waals surface area contributed by atoms with Crippen LogP contribution >= 0.6 is 0 Å². The van der Waals surface area contributed by atoms with Gasteiger partial charge >= 0.3 is 12.2 Å². The molecule has 1 N–H and O–H groups in total. The maximum atomic E-state index is 12.7. The molecule has 1 aliphatic heterocycles. The first-order valence-corrected chi connectivity index (χ1v) is 8.81. The third-order valence-electron chi connectivity index (χ3n) is 4.56. The predicted octanol–water partition coefficient (Wildman–Crippen LogP) is 1.61. The van der Waals surface area contributed by atoms with Gasteiger partial charge in [-0.1, -0.05) is 0 Å². The number of urea groups is 1. The van der Waals surface area contributed by atoms with Crippen molar-refractivity contribution in [3.8, 4) is 0 Å². The van der Waals surface area contributed by atoms with Gasteiger partial charge in [0.1, 0.15) is 5.82 Å². The Morgan fingerprint density at radius 1 is 1.21 bits per heavy atom. The zero-order chi connectivity index (χ0) is 20.3. The van der Waals surface area contributed by atoms with E-state index in [4.69, 9.17) is 0 Å². The molecule has 9 nitrogen and oxygen atoms in total. The quantitative estimate of drug-likeness (QED) is 0.845. The van der Waals surface area contributed by atoms with Crippen LogP contribution in [0.2, 0.25) is 0 Å². The molecule has 1 saturated heterocycles. The van der Waals surface area contributed by atoms with Crippen molar-refractivity contribution < 1.29 is 18.0 Å². The van der Waals surface area contributed by atoms with E-state index in [1.165, 1.54) is 10.7 Å². The van der Waals surface area contributed by atoms with Crippen molar-refractivity contribution in [2.45, 2.75) is 25.6 Å². The average Bonchev–Trinajstić information content (AvgIpc) is 2.93. The van der Waals surface area contributed by atoms with Crippen LogP contribution in [0.1, 0.15) is 30.8 Å². The molecule has 152 valence electrons. The summed E-state index contributed by atoms with van der Waals surface area (Å²) in [6.45, 7) is 3.83. The molecular formula is C16H21F3N8O. The molecule has 0 aliphatic carbocycles. The third kappa shape index (κ3) is 4.49. The summed E-state index contributed by atoms with van der Waals surface area (Å²) >= 11 is 0. The summed E-state index contributed by atoms with van der Waals surface area (Å²) in [5, 5.41) is 14.0. The van der Waals surface area contributed by atoms with Crippen LogP contribution in [0.25, 0.3) is 0 Å². The number of halogens is 3. The summed E-state index contributed by atoms with van der Waals surface area (Å²) < 4.78 is 39.5. The molecule has 0 aromatic carbocycles. The molecule has 2 amide bonds. The van der Waals surface area contributed by atoms with Crippen LogP contribution < -0.4 is 10.2 Å². The summed E-state index contributed by atoms with van der Waals surface area (Å²) in [7, 11) is 1.69. The van der Waals surface area contributed by atoms with Crippen LogP contribution in [0.5, 0.6) is 0 Å². The highest BCUT2D eigenvalue weighted by atomic mass is 19.4. The fourth-order valence-corrected chi connectivity index (χ4v) is 3.03. The van der Waals surface area contributed by atoms with E-state index in [-0.39, 0.29) is 12.1 Å². The lowest BCUT2D eigenvalue weighted by molar-refractivity contribution is -0.137. The number of pyridine rings is 1. The zero-order valence-electron chi connectivity index (χ0n) is 15.5. The van der Waals surface area contributed by atoms with Gasteiger partial charge in [-0.05, 0) is 35.9 Å². The zero-order valence-corrected chi connectivity index (χ0v) is 15.5. The summed E-state index contributed by atoms with van der Waals surface area (Å²) in [5.41, 5.74) is -0.778. The second-order valence-corrected chi connectivity index (χ2v) is 6.56. The van der Waals surface area contributed by atoms with Crippen LogP contribution in [0.4, 0.5) is 23.8 Å². The monoisotopic (exact) mass is 398 g/mol. The van der Waals surface area contributed by atoms with Crippen molar-refractivity contribution in [1.29, 1.82) is 0 Å². The van der Waals surface area contributed by atoms with Crippen LogP contribution in [0.15, 0.2) is 18.3 Å². The minimum atomic E-state index is -4.41. The molecule has 0 saturated carbocycles. The van der Waals surface area contributed by atoms with Crippen molar-refractivity contribution in [2.75, 3.05) is 31.1 Å². The van der Waals surface area contributed by atoms with Gasteiger partial charge in [0.25, 0.3) is 0 Å². The second-order valence-electron chi connectivity index (χ2n) is 6.56. The van der Waals surface area contributed by atoms with Gasteiger partial charge in [0, 0.05) is 39.4 Å². The molecule has 0 bridgehead atoms. The van der Waals surface area contributed by atoms with Crippen LogP contribution in [0.3, 0.4) is 0 Å². The van der Waals surface area contributed by atoms with Crippen LogP contribution in [0, 0.1) is 0 Å². The Morgan fingerprint density at radius 2 is 2.00 bits per heavy atom. The molecule has 2 aromatic heterocycles.